The zero-order chi connectivity index (χ0) is 14.2. The Kier molecular flexibility index (Phi) is 2.13. The van der Waals surface area contributed by atoms with Gasteiger partial charge in [-0.1, -0.05) is 36.4 Å². The number of piperidine rings is 1. The quantitative estimate of drug-likeness (QED) is 0.661. The van der Waals surface area contributed by atoms with Crippen LogP contribution in [0.25, 0.3) is 0 Å². The maximum absolute atomic E-state index is 5.04. The fourth-order valence-corrected chi connectivity index (χ4v) is 5.28. The number of allylic oxidation sites excluding steroid dienone is 2. The topological polar surface area (TPSA) is 15.6 Å². The number of aliphatic imine (C=N–C) groups is 1. The summed E-state index contributed by atoms with van der Waals surface area (Å²) in [5.74, 6) is 0.524. The molecule has 0 aromatic heterocycles. The third-order valence-corrected chi connectivity index (χ3v) is 6.23. The molecule has 5 rings (SSSR count). The summed E-state index contributed by atoms with van der Waals surface area (Å²) in [6.07, 6.45) is 4.74. The third-order valence-electron chi connectivity index (χ3n) is 6.23. The van der Waals surface area contributed by atoms with Gasteiger partial charge >= 0.3 is 0 Å². The Morgan fingerprint density at radius 2 is 2.24 bits per heavy atom. The minimum atomic E-state index is 0.142. The molecule has 1 aromatic rings. The van der Waals surface area contributed by atoms with Crippen LogP contribution in [0.2, 0.25) is 0 Å². The normalized spacial score (nSPS) is 38.4. The van der Waals surface area contributed by atoms with E-state index < -0.39 is 0 Å². The van der Waals surface area contributed by atoms with E-state index in [1.807, 2.05) is 0 Å². The minimum Gasteiger partial charge on any atom is -0.295 e. The van der Waals surface area contributed by atoms with Crippen molar-refractivity contribution in [1.29, 1.82) is 0 Å². The molecule has 1 spiro atoms. The summed E-state index contributed by atoms with van der Waals surface area (Å²) in [6.45, 7) is 8.97. The standard InChI is InChI=1S/C19H20N2/c1-3-13-11-21-9-8-19-15-6-4-5-7-16(15)20-18(19)12(2)14(13)10-17(19)21/h3-7,14,17H,2,8-11H2,1H3/b13-3-/t14-,17+,19-/m1/s1. The molecule has 4 aliphatic rings. The van der Waals surface area contributed by atoms with Gasteiger partial charge in [-0.15, -0.1) is 0 Å². The Balaban J connectivity index is 1.78. The van der Waals surface area contributed by atoms with E-state index in [4.69, 9.17) is 4.99 Å². The fourth-order valence-electron chi connectivity index (χ4n) is 5.28. The molecule has 2 heteroatoms. The van der Waals surface area contributed by atoms with E-state index in [-0.39, 0.29) is 5.41 Å². The van der Waals surface area contributed by atoms with Gasteiger partial charge < -0.3 is 0 Å². The summed E-state index contributed by atoms with van der Waals surface area (Å²) in [5.41, 5.74) is 6.92. The number of para-hydroxylation sites is 1. The number of fused-ring (bicyclic) bond motifs is 2. The van der Waals surface area contributed by atoms with Gasteiger partial charge in [0.05, 0.1) is 16.8 Å². The second kappa shape index (κ2) is 3.75. The highest BCUT2D eigenvalue weighted by Gasteiger charge is 2.61. The number of benzene rings is 1. The van der Waals surface area contributed by atoms with E-state index in [2.05, 4.69) is 48.7 Å². The molecule has 2 bridgehead atoms. The van der Waals surface area contributed by atoms with Gasteiger partial charge in [0.15, 0.2) is 0 Å². The molecule has 0 N–H and O–H groups in total. The van der Waals surface area contributed by atoms with Crippen molar-refractivity contribution < 1.29 is 0 Å². The van der Waals surface area contributed by atoms with Gasteiger partial charge in [0.2, 0.25) is 0 Å². The molecule has 1 saturated carbocycles. The van der Waals surface area contributed by atoms with Crippen LogP contribution in [0.3, 0.4) is 0 Å². The van der Waals surface area contributed by atoms with Crippen LogP contribution in [-0.4, -0.2) is 29.7 Å². The number of hydrogen-bond acceptors (Lipinski definition) is 2. The van der Waals surface area contributed by atoms with Gasteiger partial charge in [-0.3, -0.25) is 9.89 Å². The summed E-state index contributed by atoms with van der Waals surface area (Å²) >= 11 is 0. The fraction of sp³-hybridized carbons (Fsp3) is 0.421. The number of nitrogens with zero attached hydrogens (tertiary/aromatic N) is 2. The number of hydrogen-bond donors (Lipinski definition) is 0. The summed E-state index contributed by atoms with van der Waals surface area (Å²) in [5, 5.41) is 0. The molecule has 1 aromatic carbocycles. The molecule has 2 nitrogen and oxygen atoms in total. The average molecular weight is 276 g/mol. The Labute approximate surface area is 125 Å². The summed E-state index contributed by atoms with van der Waals surface area (Å²) in [7, 11) is 0. The van der Waals surface area contributed by atoms with Crippen LogP contribution in [-0.2, 0) is 5.41 Å². The van der Waals surface area contributed by atoms with Crippen molar-refractivity contribution >= 4 is 11.4 Å². The molecule has 0 unspecified atom stereocenters. The second-order valence-corrected chi connectivity index (χ2v) is 6.86. The molecule has 0 amide bonds. The third kappa shape index (κ3) is 1.22. The van der Waals surface area contributed by atoms with Crippen molar-refractivity contribution in [3.8, 4) is 0 Å². The Morgan fingerprint density at radius 3 is 3.10 bits per heavy atom. The Hall–Kier alpha value is -1.67. The lowest BCUT2D eigenvalue weighted by atomic mass is 9.59. The second-order valence-electron chi connectivity index (χ2n) is 6.86. The monoisotopic (exact) mass is 276 g/mol. The highest BCUT2D eigenvalue weighted by Crippen LogP contribution is 2.59. The SMILES string of the molecule is C=C1C2=Nc3ccccc3[C@@]23CCN2C/C(=C/C)[C@@H]1C[C@H]23. The smallest absolute Gasteiger partial charge is 0.0675 e. The predicted octanol–water partition coefficient (Wildman–Crippen LogP) is 3.62. The zero-order valence-corrected chi connectivity index (χ0v) is 12.5. The molecule has 0 radical (unpaired) electrons. The van der Waals surface area contributed by atoms with Crippen LogP contribution in [0, 0.1) is 5.92 Å². The maximum atomic E-state index is 5.04. The molecular formula is C19H20N2. The Bertz CT molecular complexity index is 727. The van der Waals surface area contributed by atoms with E-state index in [0.29, 0.717) is 12.0 Å². The molecule has 3 fully saturated rings. The van der Waals surface area contributed by atoms with E-state index in [1.54, 1.807) is 5.57 Å². The van der Waals surface area contributed by atoms with Crippen molar-refractivity contribution in [2.75, 3.05) is 13.1 Å². The maximum Gasteiger partial charge on any atom is 0.0675 e. The van der Waals surface area contributed by atoms with Crippen LogP contribution in [0.1, 0.15) is 25.3 Å². The van der Waals surface area contributed by atoms with Crippen LogP contribution in [0.4, 0.5) is 5.69 Å². The lowest BCUT2D eigenvalue weighted by Crippen LogP contribution is -2.56. The van der Waals surface area contributed by atoms with E-state index in [1.165, 1.54) is 41.9 Å². The van der Waals surface area contributed by atoms with Gasteiger partial charge in [0.25, 0.3) is 0 Å². The summed E-state index contributed by atoms with van der Waals surface area (Å²) < 4.78 is 0. The summed E-state index contributed by atoms with van der Waals surface area (Å²) in [6, 6.07) is 9.37. The largest absolute Gasteiger partial charge is 0.295 e. The Morgan fingerprint density at radius 1 is 1.38 bits per heavy atom. The van der Waals surface area contributed by atoms with Crippen molar-refractivity contribution in [2.45, 2.75) is 31.2 Å². The first kappa shape index (κ1) is 11.9. The lowest BCUT2D eigenvalue weighted by Gasteiger charge is -2.49. The van der Waals surface area contributed by atoms with Crippen molar-refractivity contribution in [1.82, 2.24) is 4.90 Å². The van der Waals surface area contributed by atoms with Crippen molar-refractivity contribution in [3.05, 3.63) is 53.6 Å². The molecule has 2 saturated heterocycles. The molecule has 3 heterocycles. The lowest BCUT2D eigenvalue weighted by molar-refractivity contribution is 0.179. The van der Waals surface area contributed by atoms with Gasteiger partial charge in [-0.05, 0) is 37.0 Å². The molecule has 3 atom stereocenters. The first-order chi connectivity index (χ1) is 10.3. The van der Waals surface area contributed by atoms with Gasteiger partial charge in [-0.25, -0.2) is 0 Å². The molecule has 3 aliphatic heterocycles. The molecule has 106 valence electrons. The highest BCUT2D eigenvalue weighted by atomic mass is 15.2. The van der Waals surface area contributed by atoms with Crippen LogP contribution in [0.15, 0.2) is 53.1 Å². The summed E-state index contributed by atoms with van der Waals surface area (Å²) in [4.78, 5) is 7.73. The average Bonchev–Trinajstić information content (AvgIpc) is 3.07. The molecule has 21 heavy (non-hydrogen) atoms. The first-order valence-corrected chi connectivity index (χ1v) is 8.02. The predicted molar refractivity (Wildman–Crippen MR) is 86.2 cm³/mol. The van der Waals surface area contributed by atoms with Crippen LogP contribution >= 0.6 is 0 Å². The zero-order valence-electron chi connectivity index (χ0n) is 12.5. The van der Waals surface area contributed by atoms with E-state index in [9.17, 15) is 0 Å². The highest BCUT2D eigenvalue weighted by molar-refractivity contribution is 6.14. The number of rotatable bonds is 0. The van der Waals surface area contributed by atoms with E-state index in [0.717, 1.165) is 6.54 Å². The minimum absolute atomic E-state index is 0.142. The van der Waals surface area contributed by atoms with Crippen LogP contribution in [0.5, 0.6) is 0 Å². The van der Waals surface area contributed by atoms with Gasteiger partial charge in [-0.2, -0.15) is 0 Å². The van der Waals surface area contributed by atoms with Gasteiger partial charge in [0.1, 0.15) is 0 Å². The van der Waals surface area contributed by atoms with Gasteiger partial charge in [0, 0.05) is 25.0 Å². The molecule has 1 aliphatic carbocycles. The first-order valence-electron chi connectivity index (χ1n) is 8.02. The van der Waals surface area contributed by atoms with Crippen LogP contribution < -0.4 is 0 Å². The van der Waals surface area contributed by atoms with Crippen molar-refractivity contribution in [2.24, 2.45) is 10.9 Å². The van der Waals surface area contributed by atoms with E-state index >= 15 is 0 Å². The van der Waals surface area contributed by atoms with Crippen molar-refractivity contribution in [3.63, 3.8) is 0 Å². The molecular weight excluding hydrogens is 256 g/mol.